The molecule has 0 spiro atoms. The third-order valence-corrected chi connectivity index (χ3v) is 2.43. The quantitative estimate of drug-likeness (QED) is 0.612. The number of rotatable bonds is 2. The third kappa shape index (κ3) is 2.34. The minimum Gasteiger partial charge on any atom is -0.465 e. The van der Waals surface area contributed by atoms with Crippen molar-refractivity contribution in [2.45, 2.75) is 6.42 Å². The van der Waals surface area contributed by atoms with Crippen molar-refractivity contribution < 1.29 is 14.6 Å². The number of carbonyl (C=O) groups is 1. The molecule has 0 unspecified atom stereocenters. The van der Waals surface area contributed by atoms with Crippen LogP contribution in [0.5, 0.6) is 0 Å². The summed E-state index contributed by atoms with van der Waals surface area (Å²) in [6.07, 6.45) is 0.417. The van der Waals surface area contributed by atoms with Crippen LogP contribution < -0.4 is 0 Å². The predicted octanol–water partition coefficient (Wildman–Crippen LogP) is 1.08. The van der Waals surface area contributed by atoms with Crippen LogP contribution in [0.2, 0.25) is 0 Å². The molecule has 0 aliphatic carbocycles. The van der Waals surface area contributed by atoms with Crippen molar-refractivity contribution in [3.8, 4) is 11.8 Å². The van der Waals surface area contributed by atoms with Gasteiger partial charge in [-0.25, -0.2) is 4.79 Å². The van der Waals surface area contributed by atoms with Crippen LogP contribution in [0.25, 0.3) is 10.9 Å². The molecule has 2 aromatic rings. The molecule has 0 bridgehead atoms. The molecule has 0 aliphatic heterocycles. The molecule has 0 atom stereocenters. The van der Waals surface area contributed by atoms with Gasteiger partial charge in [0.05, 0.1) is 24.8 Å². The fourth-order valence-corrected chi connectivity index (χ4v) is 1.56. The first kappa shape index (κ1) is 12.1. The Morgan fingerprint density at radius 2 is 2.39 bits per heavy atom. The van der Waals surface area contributed by atoms with E-state index in [0.717, 1.165) is 5.39 Å². The Kier molecular flexibility index (Phi) is 3.60. The van der Waals surface area contributed by atoms with E-state index in [1.165, 1.54) is 7.11 Å². The molecule has 0 radical (unpaired) electrons. The second-order valence-electron chi connectivity index (χ2n) is 3.60. The molecule has 1 aromatic heterocycles. The van der Waals surface area contributed by atoms with Crippen molar-refractivity contribution in [3.63, 3.8) is 0 Å². The Labute approximate surface area is 104 Å². The van der Waals surface area contributed by atoms with E-state index in [2.05, 4.69) is 26.8 Å². The third-order valence-electron chi connectivity index (χ3n) is 2.43. The predicted molar refractivity (Wildman–Crippen MR) is 66.0 cm³/mol. The number of ether oxygens (including phenoxy) is 1. The van der Waals surface area contributed by atoms with Gasteiger partial charge >= 0.3 is 5.97 Å². The van der Waals surface area contributed by atoms with Gasteiger partial charge in [-0.15, -0.1) is 0 Å². The smallest absolute Gasteiger partial charge is 0.337 e. The van der Waals surface area contributed by atoms with E-state index < -0.39 is 5.97 Å². The number of carbonyl (C=O) groups excluding carboxylic acids is 1. The highest BCUT2D eigenvalue weighted by Crippen LogP contribution is 2.17. The maximum atomic E-state index is 11.4. The molecule has 0 saturated heterocycles. The second-order valence-corrected chi connectivity index (χ2v) is 3.60. The molecule has 5 heteroatoms. The lowest BCUT2D eigenvalue weighted by Crippen LogP contribution is -2.00. The van der Waals surface area contributed by atoms with Crippen LogP contribution in [0.4, 0.5) is 0 Å². The van der Waals surface area contributed by atoms with Gasteiger partial charge in [0.25, 0.3) is 0 Å². The molecule has 92 valence electrons. The summed E-state index contributed by atoms with van der Waals surface area (Å²) in [7, 11) is 1.34. The number of H-pyrrole nitrogens is 1. The van der Waals surface area contributed by atoms with E-state index >= 15 is 0 Å². The zero-order valence-electron chi connectivity index (χ0n) is 9.86. The topological polar surface area (TPSA) is 75.2 Å². The number of benzene rings is 1. The van der Waals surface area contributed by atoms with Crippen molar-refractivity contribution in [1.82, 2.24) is 10.2 Å². The number of fused-ring (bicyclic) bond motifs is 1. The number of aliphatic hydroxyl groups is 1. The van der Waals surface area contributed by atoms with Gasteiger partial charge in [0.15, 0.2) is 0 Å². The van der Waals surface area contributed by atoms with Gasteiger partial charge in [-0.1, -0.05) is 5.92 Å². The molecule has 0 saturated carbocycles. The molecular formula is C13H12N2O3. The average Bonchev–Trinajstić information content (AvgIpc) is 2.80. The SMILES string of the molecule is COC(=O)c1ccc2c(C#CCCO)[nH]nc2c1. The number of nitrogens with one attached hydrogen (secondary N) is 1. The Balaban J connectivity index is 2.38. The van der Waals surface area contributed by atoms with Gasteiger partial charge < -0.3 is 9.84 Å². The van der Waals surface area contributed by atoms with E-state index in [1.54, 1.807) is 18.2 Å². The van der Waals surface area contributed by atoms with Crippen LogP contribution in [0.3, 0.4) is 0 Å². The Hall–Kier alpha value is -2.32. The van der Waals surface area contributed by atoms with Crippen LogP contribution in [0, 0.1) is 11.8 Å². The summed E-state index contributed by atoms with van der Waals surface area (Å²) in [6.45, 7) is 0.0333. The number of aromatic nitrogens is 2. The molecule has 5 nitrogen and oxygen atoms in total. The molecular weight excluding hydrogens is 232 g/mol. The van der Waals surface area contributed by atoms with Crippen molar-refractivity contribution in [2.75, 3.05) is 13.7 Å². The first-order valence-corrected chi connectivity index (χ1v) is 5.42. The molecule has 1 heterocycles. The summed E-state index contributed by atoms with van der Waals surface area (Å²) >= 11 is 0. The van der Waals surface area contributed by atoms with Crippen molar-refractivity contribution >= 4 is 16.9 Å². The molecule has 1 aromatic carbocycles. The molecule has 0 aliphatic rings. The monoisotopic (exact) mass is 244 g/mol. The molecule has 0 amide bonds. The normalized spacial score (nSPS) is 9.89. The number of nitrogens with zero attached hydrogens (tertiary/aromatic N) is 1. The largest absolute Gasteiger partial charge is 0.465 e. The minimum atomic E-state index is -0.396. The van der Waals surface area contributed by atoms with Gasteiger partial charge in [0.2, 0.25) is 0 Å². The zero-order valence-corrected chi connectivity index (χ0v) is 9.86. The van der Waals surface area contributed by atoms with E-state index in [1.807, 2.05) is 0 Å². The molecule has 2 rings (SSSR count). The minimum absolute atomic E-state index is 0.0333. The Bertz CT molecular complexity index is 634. The van der Waals surface area contributed by atoms with Gasteiger partial charge in [0.1, 0.15) is 5.69 Å². The molecule has 18 heavy (non-hydrogen) atoms. The Morgan fingerprint density at radius 1 is 1.56 bits per heavy atom. The maximum absolute atomic E-state index is 11.4. The lowest BCUT2D eigenvalue weighted by Gasteiger charge is -1.97. The highest BCUT2D eigenvalue weighted by atomic mass is 16.5. The van der Waals surface area contributed by atoms with E-state index in [-0.39, 0.29) is 6.61 Å². The highest BCUT2D eigenvalue weighted by Gasteiger charge is 2.09. The first-order valence-electron chi connectivity index (χ1n) is 5.42. The summed E-state index contributed by atoms with van der Waals surface area (Å²) in [4.78, 5) is 11.4. The molecule has 2 N–H and O–H groups in total. The van der Waals surface area contributed by atoms with Crippen molar-refractivity contribution in [3.05, 3.63) is 29.5 Å². The molecule has 0 fully saturated rings. The summed E-state index contributed by atoms with van der Waals surface area (Å²) in [5.74, 6) is 5.31. The van der Waals surface area contributed by atoms with E-state index in [0.29, 0.717) is 23.2 Å². The maximum Gasteiger partial charge on any atom is 0.337 e. The van der Waals surface area contributed by atoms with E-state index in [4.69, 9.17) is 5.11 Å². The van der Waals surface area contributed by atoms with Gasteiger partial charge in [0, 0.05) is 11.8 Å². The zero-order chi connectivity index (χ0) is 13.0. The summed E-state index contributed by atoms with van der Waals surface area (Å²) < 4.78 is 4.64. The van der Waals surface area contributed by atoms with Gasteiger partial charge in [-0.3, -0.25) is 5.10 Å². The second kappa shape index (κ2) is 5.34. The standard InChI is InChI=1S/C13H12N2O3/c1-18-13(17)9-5-6-10-11(4-2-3-7-16)14-15-12(10)8-9/h5-6,8,16H,3,7H2,1H3,(H,14,15). The highest BCUT2D eigenvalue weighted by molar-refractivity contribution is 5.95. The number of hydrogen-bond donors (Lipinski definition) is 2. The fraction of sp³-hybridized carbons (Fsp3) is 0.231. The average molecular weight is 244 g/mol. The number of hydrogen-bond acceptors (Lipinski definition) is 4. The van der Waals surface area contributed by atoms with Crippen molar-refractivity contribution in [1.29, 1.82) is 0 Å². The first-order chi connectivity index (χ1) is 8.76. The summed E-state index contributed by atoms with van der Waals surface area (Å²) in [6, 6.07) is 5.09. The van der Waals surface area contributed by atoms with Gasteiger partial charge in [-0.05, 0) is 24.1 Å². The van der Waals surface area contributed by atoms with Crippen LogP contribution in [0.1, 0.15) is 22.5 Å². The number of aliphatic hydroxyl groups excluding tert-OH is 1. The Morgan fingerprint density at radius 3 is 3.11 bits per heavy atom. The summed E-state index contributed by atoms with van der Waals surface area (Å²) in [5.41, 5.74) is 1.78. The van der Waals surface area contributed by atoms with Crippen LogP contribution in [-0.4, -0.2) is 35.0 Å². The van der Waals surface area contributed by atoms with Crippen LogP contribution in [0.15, 0.2) is 18.2 Å². The van der Waals surface area contributed by atoms with Crippen LogP contribution in [-0.2, 0) is 4.74 Å². The number of aromatic amines is 1. The lowest BCUT2D eigenvalue weighted by molar-refractivity contribution is 0.0601. The van der Waals surface area contributed by atoms with Gasteiger partial charge in [-0.2, -0.15) is 5.10 Å². The van der Waals surface area contributed by atoms with Crippen molar-refractivity contribution in [2.24, 2.45) is 0 Å². The van der Waals surface area contributed by atoms with E-state index in [9.17, 15) is 4.79 Å². The fourth-order valence-electron chi connectivity index (χ4n) is 1.56. The number of esters is 1. The number of methoxy groups -OCH3 is 1. The summed E-state index contributed by atoms with van der Waals surface area (Å²) in [5, 5.41) is 16.4. The lowest BCUT2D eigenvalue weighted by atomic mass is 10.1. The van der Waals surface area contributed by atoms with Crippen LogP contribution >= 0.6 is 0 Å².